The molecule has 1 aliphatic carbocycles. The predicted molar refractivity (Wildman–Crippen MR) is 129 cm³/mol. The first-order chi connectivity index (χ1) is 17.0. The van der Waals surface area contributed by atoms with Gasteiger partial charge in [0.2, 0.25) is 0 Å². The second-order valence-electron chi connectivity index (χ2n) is 8.21. The Kier molecular flexibility index (Phi) is 7.30. The lowest BCUT2D eigenvalue weighted by atomic mass is 9.98. The Morgan fingerprint density at radius 1 is 0.886 bits per heavy atom. The first-order valence-corrected chi connectivity index (χ1v) is 11.2. The molecule has 1 atom stereocenters. The van der Waals surface area contributed by atoms with Gasteiger partial charge in [0.1, 0.15) is 19.3 Å². The van der Waals surface area contributed by atoms with Crippen LogP contribution in [-0.4, -0.2) is 54.4 Å². The van der Waals surface area contributed by atoms with Crippen molar-refractivity contribution >= 4 is 18.2 Å². The summed E-state index contributed by atoms with van der Waals surface area (Å²) in [7, 11) is 1.33. The van der Waals surface area contributed by atoms with E-state index in [1.165, 1.54) is 7.05 Å². The lowest BCUT2D eigenvalue weighted by Crippen LogP contribution is -2.49. The fourth-order valence-electron chi connectivity index (χ4n) is 4.17. The molecule has 1 unspecified atom stereocenters. The number of nitrogens with one attached hydrogen (secondary N) is 1. The number of carbonyl (C=O) groups is 3. The molecule has 0 spiro atoms. The van der Waals surface area contributed by atoms with Crippen molar-refractivity contribution in [2.24, 2.45) is 0 Å². The molecule has 0 saturated heterocycles. The molecule has 0 aromatic heterocycles. The molecule has 0 fully saturated rings. The number of rotatable bonds is 8. The highest BCUT2D eigenvalue weighted by molar-refractivity contribution is 5.81. The Balaban J connectivity index is 1.33. The third-order valence-corrected chi connectivity index (χ3v) is 6.03. The molecule has 0 bridgehead atoms. The Labute approximate surface area is 203 Å². The average molecular weight is 475 g/mol. The van der Waals surface area contributed by atoms with Crippen molar-refractivity contribution in [3.63, 3.8) is 0 Å². The molecule has 180 valence electrons. The molecular weight excluding hydrogens is 448 g/mol. The minimum absolute atomic E-state index is 0.0482. The first kappa shape index (κ1) is 23.8. The summed E-state index contributed by atoms with van der Waals surface area (Å²) in [5, 5.41) is 12.0. The number of hydrogen-bond acceptors (Lipinski definition) is 5. The molecule has 0 heterocycles. The van der Waals surface area contributed by atoms with Crippen LogP contribution in [0.5, 0.6) is 0 Å². The number of carboxylic acids is 1. The van der Waals surface area contributed by atoms with E-state index in [1.54, 1.807) is 12.1 Å². The van der Waals surface area contributed by atoms with Gasteiger partial charge in [-0.15, -0.1) is 0 Å². The van der Waals surface area contributed by atoms with Gasteiger partial charge in [-0.3, -0.25) is 4.90 Å². The van der Waals surface area contributed by atoms with E-state index in [2.05, 4.69) is 5.32 Å². The topological polar surface area (TPSA) is 105 Å². The SMILES string of the molecule is CN(C(=O)OCC1c2ccccc2-c2ccccc21)C(CNC(=O)OCc1ccccc1)C(=O)O. The van der Waals surface area contributed by atoms with Crippen LogP contribution >= 0.6 is 0 Å². The number of amides is 2. The van der Waals surface area contributed by atoms with Crippen LogP contribution in [0.4, 0.5) is 9.59 Å². The van der Waals surface area contributed by atoms with Crippen molar-refractivity contribution in [3.05, 3.63) is 95.6 Å². The lowest BCUT2D eigenvalue weighted by molar-refractivity contribution is -0.142. The van der Waals surface area contributed by atoms with E-state index in [1.807, 2.05) is 66.7 Å². The molecule has 3 aromatic rings. The number of aliphatic carboxylic acids is 1. The van der Waals surface area contributed by atoms with Gasteiger partial charge in [0.15, 0.2) is 0 Å². The van der Waals surface area contributed by atoms with Gasteiger partial charge in [-0.1, -0.05) is 78.9 Å². The van der Waals surface area contributed by atoms with Crippen LogP contribution in [0, 0.1) is 0 Å². The van der Waals surface area contributed by atoms with Crippen molar-refractivity contribution in [1.29, 1.82) is 0 Å². The van der Waals surface area contributed by atoms with Crippen LogP contribution in [0.15, 0.2) is 78.9 Å². The number of hydrogen-bond donors (Lipinski definition) is 2. The molecule has 1 aliphatic rings. The predicted octanol–water partition coefficient (Wildman–Crippen LogP) is 4.25. The van der Waals surface area contributed by atoms with Gasteiger partial charge in [-0.2, -0.15) is 0 Å². The highest BCUT2D eigenvalue weighted by Crippen LogP contribution is 2.44. The van der Waals surface area contributed by atoms with E-state index >= 15 is 0 Å². The molecule has 0 saturated carbocycles. The number of benzene rings is 3. The van der Waals surface area contributed by atoms with Crippen LogP contribution < -0.4 is 5.32 Å². The fourth-order valence-corrected chi connectivity index (χ4v) is 4.17. The molecule has 2 N–H and O–H groups in total. The van der Waals surface area contributed by atoms with Crippen molar-refractivity contribution in [3.8, 4) is 11.1 Å². The number of ether oxygens (including phenoxy) is 2. The van der Waals surface area contributed by atoms with E-state index in [4.69, 9.17) is 9.47 Å². The maximum atomic E-state index is 12.7. The molecule has 0 aliphatic heterocycles. The number of fused-ring (bicyclic) bond motifs is 3. The summed E-state index contributed by atoms with van der Waals surface area (Å²) in [4.78, 5) is 37.5. The van der Waals surface area contributed by atoms with Gasteiger partial charge >= 0.3 is 18.2 Å². The Morgan fingerprint density at radius 2 is 1.46 bits per heavy atom. The zero-order chi connectivity index (χ0) is 24.8. The Morgan fingerprint density at radius 3 is 2.06 bits per heavy atom. The van der Waals surface area contributed by atoms with Gasteiger partial charge < -0.3 is 19.9 Å². The number of carbonyl (C=O) groups excluding carboxylic acids is 2. The molecule has 3 aromatic carbocycles. The maximum Gasteiger partial charge on any atom is 0.410 e. The van der Waals surface area contributed by atoms with Crippen molar-refractivity contribution in [2.75, 3.05) is 20.2 Å². The Hall–Kier alpha value is -4.33. The number of carboxylic acid groups (broad SMARTS) is 1. The van der Waals surface area contributed by atoms with Gasteiger partial charge in [-0.25, -0.2) is 14.4 Å². The summed E-state index contributed by atoms with van der Waals surface area (Å²) in [6, 6.07) is 23.7. The zero-order valence-corrected chi connectivity index (χ0v) is 19.2. The minimum atomic E-state index is -1.32. The third kappa shape index (κ3) is 5.43. The van der Waals surface area contributed by atoms with E-state index in [-0.39, 0.29) is 25.7 Å². The van der Waals surface area contributed by atoms with E-state index < -0.39 is 24.2 Å². The van der Waals surface area contributed by atoms with Gasteiger partial charge in [-0.05, 0) is 27.8 Å². The second kappa shape index (κ2) is 10.7. The monoisotopic (exact) mass is 474 g/mol. The molecule has 35 heavy (non-hydrogen) atoms. The quantitative estimate of drug-likeness (QED) is 0.506. The summed E-state index contributed by atoms with van der Waals surface area (Å²) in [5.74, 6) is -1.42. The summed E-state index contributed by atoms with van der Waals surface area (Å²) in [6.45, 7) is -0.216. The van der Waals surface area contributed by atoms with Gasteiger partial charge in [0, 0.05) is 13.0 Å². The minimum Gasteiger partial charge on any atom is -0.480 e. The summed E-state index contributed by atoms with van der Waals surface area (Å²) >= 11 is 0. The first-order valence-electron chi connectivity index (χ1n) is 11.2. The van der Waals surface area contributed by atoms with Crippen LogP contribution in [0.2, 0.25) is 0 Å². The van der Waals surface area contributed by atoms with Crippen molar-refractivity contribution < 1.29 is 29.0 Å². The molecule has 2 amide bonds. The van der Waals surface area contributed by atoms with Crippen molar-refractivity contribution in [1.82, 2.24) is 10.2 Å². The normalized spacial score (nSPS) is 12.7. The van der Waals surface area contributed by atoms with Gasteiger partial charge in [0.05, 0.1) is 6.54 Å². The number of likely N-dealkylation sites (N-methyl/N-ethyl adjacent to an activating group) is 1. The molecule has 0 radical (unpaired) electrons. The molecular formula is C27H26N2O6. The standard InChI is InChI=1S/C27H26N2O6/c1-29(24(25(30)31)15-28-26(32)34-16-18-9-3-2-4-10-18)27(33)35-17-23-21-13-7-5-11-19(21)20-12-6-8-14-22(20)23/h2-14,23-24H,15-17H2,1H3,(H,28,32)(H,30,31). The zero-order valence-electron chi connectivity index (χ0n) is 19.2. The van der Waals surface area contributed by atoms with Crippen LogP contribution in [-0.2, 0) is 20.9 Å². The molecule has 8 nitrogen and oxygen atoms in total. The second-order valence-corrected chi connectivity index (χ2v) is 8.21. The largest absolute Gasteiger partial charge is 0.480 e. The summed E-state index contributed by atoms with van der Waals surface area (Å²) < 4.78 is 10.6. The molecule has 8 heteroatoms. The number of nitrogens with zero attached hydrogens (tertiary/aromatic N) is 1. The highest BCUT2D eigenvalue weighted by Gasteiger charge is 2.32. The maximum absolute atomic E-state index is 12.7. The van der Waals surface area contributed by atoms with E-state index in [9.17, 15) is 19.5 Å². The number of alkyl carbamates (subject to hydrolysis) is 1. The van der Waals surface area contributed by atoms with Gasteiger partial charge in [0.25, 0.3) is 0 Å². The summed E-state index contributed by atoms with van der Waals surface area (Å²) in [5.41, 5.74) is 5.11. The van der Waals surface area contributed by atoms with E-state index in [0.29, 0.717) is 0 Å². The fraction of sp³-hybridized carbons (Fsp3) is 0.222. The van der Waals surface area contributed by atoms with Crippen molar-refractivity contribution in [2.45, 2.75) is 18.6 Å². The third-order valence-electron chi connectivity index (χ3n) is 6.03. The van der Waals surface area contributed by atoms with E-state index in [0.717, 1.165) is 32.7 Å². The average Bonchev–Trinajstić information content (AvgIpc) is 3.20. The lowest BCUT2D eigenvalue weighted by Gasteiger charge is -2.25. The Bertz CT molecular complexity index is 1170. The van der Waals surface area contributed by atoms with Crippen LogP contribution in [0.25, 0.3) is 11.1 Å². The molecule has 4 rings (SSSR count). The van der Waals surface area contributed by atoms with Crippen LogP contribution in [0.1, 0.15) is 22.6 Å². The van der Waals surface area contributed by atoms with Crippen LogP contribution in [0.3, 0.4) is 0 Å². The summed E-state index contributed by atoms with van der Waals surface area (Å²) in [6.07, 6.45) is -1.57. The smallest absolute Gasteiger partial charge is 0.410 e. The highest BCUT2D eigenvalue weighted by atomic mass is 16.6.